The van der Waals surface area contributed by atoms with Crippen molar-refractivity contribution in [2.45, 2.75) is 129 Å². The summed E-state index contributed by atoms with van der Waals surface area (Å²) in [4.78, 5) is 23.8. The first-order valence-corrected chi connectivity index (χ1v) is 15.5. The normalized spacial score (nSPS) is 11.0. The van der Waals surface area contributed by atoms with Crippen LogP contribution in [0.4, 0.5) is 0 Å². The van der Waals surface area contributed by atoms with Crippen molar-refractivity contribution in [1.29, 1.82) is 0 Å². The van der Waals surface area contributed by atoms with E-state index >= 15 is 0 Å². The maximum Gasteiger partial charge on any atom is 0.226 e. The molecule has 1 rings (SSSR count). The Labute approximate surface area is 219 Å². The molecule has 0 saturated heterocycles. The number of benzene rings is 1. The van der Waals surface area contributed by atoms with Crippen molar-refractivity contribution in [1.82, 2.24) is 5.32 Å². The number of hydrogen-bond donors (Lipinski definition) is 2. The van der Waals surface area contributed by atoms with Crippen LogP contribution in [0.1, 0.15) is 128 Å². The van der Waals surface area contributed by atoms with Gasteiger partial charge in [-0.15, -0.1) is 0 Å². The number of phenols is 1. The second-order valence-electron chi connectivity index (χ2n) is 9.80. The molecule has 0 aromatic heterocycles. The molecule has 0 aliphatic heterocycles. The van der Waals surface area contributed by atoms with Gasteiger partial charge in [0.05, 0.1) is 0 Å². The number of unbranched alkanes of at least 4 members (excludes halogenated alkanes) is 14. The van der Waals surface area contributed by atoms with E-state index in [1.165, 1.54) is 101 Å². The summed E-state index contributed by atoms with van der Waals surface area (Å²) >= 11 is 2.14. The average Bonchev–Trinajstić information content (AvgIpc) is 2.85. The number of aromatic hydroxyl groups is 1. The molecule has 0 aliphatic rings. The first-order valence-electron chi connectivity index (χ1n) is 14.3. The molecule has 0 bridgehead atoms. The number of nitrogens with one attached hydrogen (secondary N) is 1. The molecule has 5 heteroatoms. The molecule has 0 spiro atoms. The van der Waals surface area contributed by atoms with E-state index in [0.29, 0.717) is 12.8 Å². The van der Waals surface area contributed by atoms with Gasteiger partial charge in [0.1, 0.15) is 5.75 Å². The molecule has 2 N–H and O–H groups in total. The Balaban J connectivity index is 1.79. The minimum Gasteiger partial charge on any atom is -0.508 e. The fourth-order valence-corrected chi connectivity index (χ4v) is 5.21. The van der Waals surface area contributed by atoms with Crippen LogP contribution in [0, 0.1) is 0 Å². The summed E-state index contributed by atoms with van der Waals surface area (Å²) in [6, 6.07) is 6.80. The van der Waals surface area contributed by atoms with Crippen molar-refractivity contribution in [3.05, 3.63) is 29.8 Å². The Kier molecular flexibility index (Phi) is 20.7. The van der Waals surface area contributed by atoms with Crippen LogP contribution in [-0.4, -0.2) is 28.4 Å². The lowest BCUT2D eigenvalue weighted by Crippen LogP contribution is -2.30. The number of thioether (sulfide) groups is 1. The molecule has 200 valence electrons. The highest BCUT2D eigenvalue weighted by molar-refractivity contribution is 7.99. The predicted octanol–water partition coefficient (Wildman–Crippen LogP) is 8.35. The van der Waals surface area contributed by atoms with E-state index in [1.54, 1.807) is 24.3 Å². The van der Waals surface area contributed by atoms with E-state index in [4.69, 9.17) is 0 Å². The zero-order chi connectivity index (χ0) is 25.4. The van der Waals surface area contributed by atoms with Gasteiger partial charge >= 0.3 is 0 Å². The lowest BCUT2D eigenvalue weighted by molar-refractivity contribution is -0.130. The molecule has 0 saturated carbocycles. The lowest BCUT2D eigenvalue weighted by atomic mass is 10.1. The topological polar surface area (TPSA) is 66.4 Å². The van der Waals surface area contributed by atoms with Crippen LogP contribution < -0.4 is 5.32 Å². The number of hydrogen-bond acceptors (Lipinski definition) is 4. The quantitative estimate of drug-likeness (QED) is 0.147. The molecule has 0 radical (unpaired) electrons. The van der Waals surface area contributed by atoms with Crippen molar-refractivity contribution in [2.75, 3.05) is 11.5 Å². The summed E-state index contributed by atoms with van der Waals surface area (Å²) in [5.74, 6) is 2.49. The first kappa shape index (κ1) is 31.5. The van der Waals surface area contributed by atoms with Gasteiger partial charge in [-0.05, 0) is 54.9 Å². The summed E-state index contributed by atoms with van der Waals surface area (Å²) < 4.78 is 0. The van der Waals surface area contributed by atoms with Gasteiger partial charge in [-0.3, -0.25) is 14.9 Å². The van der Waals surface area contributed by atoms with Crippen LogP contribution in [0.5, 0.6) is 5.75 Å². The summed E-state index contributed by atoms with van der Waals surface area (Å²) in [6.07, 6.45) is 22.2. The molecule has 0 fully saturated rings. The smallest absolute Gasteiger partial charge is 0.226 e. The van der Waals surface area contributed by atoms with Crippen LogP contribution >= 0.6 is 11.8 Å². The minimum absolute atomic E-state index is 0.162. The van der Waals surface area contributed by atoms with E-state index in [2.05, 4.69) is 24.0 Å². The Hall–Kier alpha value is -1.49. The van der Waals surface area contributed by atoms with Gasteiger partial charge in [0.2, 0.25) is 11.8 Å². The summed E-state index contributed by atoms with van der Waals surface area (Å²) in [7, 11) is 0. The summed E-state index contributed by atoms with van der Waals surface area (Å²) in [5.41, 5.74) is 0.975. The van der Waals surface area contributed by atoms with Crippen LogP contribution in [0.15, 0.2) is 24.3 Å². The molecule has 0 aliphatic carbocycles. The molecule has 0 unspecified atom stereocenters. The highest BCUT2D eigenvalue weighted by Gasteiger charge is 2.08. The van der Waals surface area contributed by atoms with E-state index in [-0.39, 0.29) is 24.0 Å². The third-order valence-corrected chi connectivity index (χ3v) is 7.60. The van der Waals surface area contributed by atoms with Crippen molar-refractivity contribution < 1.29 is 14.7 Å². The zero-order valence-electron chi connectivity index (χ0n) is 22.3. The number of phenolic OH excluding ortho intramolecular Hbond substituents is 1. The van der Waals surface area contributed by atoms with Crippen LogP contribution in [0.3, 0.4) is 0 Å². The van der Waals surface area contributed by atoms with Gasteiger partial charge < -0.3 is 5.11 Å². The zero-order valence-corrected chi connectivity index (χ0v) is 23.1. The van der Waals surface area contributed by atoms with Gasteiger partial charge in [0, 0.05) is 12.8 Å². The monoisotopic (exact) mass is 505 g/mol. The lowest BCUT2D eigenvalue weighted by Gasteiger charge is -2.05. The SMILES string of the molecule is CCCCCCCCCCSCCCCCCCCCCC(=O)NC(=O)CCc1ccc(O)cc1. The van der Waals surface area contributed by atoms with E-state index in [1.807, 2.05) is 0 Å². The number of carbonyl (C=O) groups is 2. The predicted molar refractivity (Wildman–Crippen MR) is 151 cm³/mol. The van der Waals surface area contributed by atoms with Gasteiger partial charge in [0.25, 0.3) is 0 Å². The van der Waals surface area contributed by atoms with Gasteiger partial charge in [-0.25, -0.2) is 0 Å². The van der Waals surface area contributed by atoms with Gasteiger partial charge in [0.15, 0.2) is 0 Å². The van der Waals surface area contributed by atoms with E-state index < -0.39 is 0 Å². The first-order chi connectivity index (χ1) is 17.1. The number of imide groups is 1. The van der Waals surface area contributed by atoms with Crippen LogP contribution in [-0.2, 0) is 16.0 Å². The number of rotatable bonds is 23. The fourth-order valence-electron chi connectivity index (χ4n) is 4.19. The number of amides is 2. The highest BCUT2D eigenvalue weighted by Crippen LogP contribution is 2.15. The number of aryl methyl sites for hydroxylation is 1. The van der Waals surface area contributed by atoms with Gasteiger partial charge in [-0.2, -0.15) is 11.8 Å². The molecular weight excluding hydrogens is 454 g/mol. The highest BCUT2D eigenvalue weighted by atomic mass is 32.2. The van der Waals surface area contributed by atoms with Crippen LogP contribution in [0.25, 0.3) is 0 Å². The molecule has 4 nitrogen and oxygen atoms in total. The molecule has 2 amide bonds. The Morgan fingerprint density at radius 2 is 1.11 bits per heavy atom. The van der Waals surface area contributed by atoms with Crippen molar-refractivity contribution in [3.8, 4) is 5.75 Å². The Bertz CT molecular complexity index is 648. The second kappa shape index (κ2) is 22.9. The minimum atomic E-state index is -0.223. The third-order valence-electron chi connectivity index (χ3n) is 6.44. The summed E-state index contributed by atoms with van der Waals surface area (Å²) in [6.45, 7) is 2.28. The molecule has 1 aromatic carbocycles. The Morgan fingerprint density at radius 3 is 1.66 bits per heavy atom. The molecule has 0 heterocycles. The van der Waals surface area contributed by atoms with Crippen molar-refractivity contribution >= 4 is 23.6 Å². The Morgan fingerprint density at radius 1 is 0.657 bits per heavy atom. The maximum atomic E-state index is 11.9. The third kappa shape index (κ3) is 20.4. The summed E-state index contributed by atoms with van der Waals surface area (Å²) in [5, 5.41) is 11.8. The number of carbonyl (C=O) groups excluding carboxylic acids is 2. The average molecular weight is 506 g/mol. The molecular formula is C30H51NO3S. The van der Waals surface area contributed by atoms with E-state index in [9.17, 15) is 14.7 Å². The maximum absolute atomic E-state index is 11.9. The fraction of sp³-hybridized carbons (Fsp3) is 0.733. The van der Waals surface area contributed by atoms with Crippen molar-refractivity contribution in [2.24, 2.45) is 0 Å². The molecule has 35 heavy (non-hydrogen) atoms. The van der Waals surface area contributed by atoms with Gasteiger partial charge in [-0.1, -0.05) is 103 Å². The van der Waals surface area contributed by atoms with E-state index in [0.717, 1.165) is 18.4 Å². The van der Waals surface area contributed by atoms with Crippen molar-refractivity contribution in [3.63, 3.8) is 0 Å². The molecule has 0 atom stereocenters. The standard InChI is InChI=1S/C30H51NO3S/c1-2-3-4-5-6-10-13-16-25-35-26-17-14-11-8-7-9-12-15-18-29(33)31-30(34)24-21-27-19-22-28(32)23-20-27/h19-20,22-23,32H,2-18,21,24-26H2,1H3,(H,31,33,34). The van der Waals surface area contributed by atoms with Crippen LogP contribution in [0.2, 0.25) is 0 Å². The largest absolute Gasteiger partial charge is 0.508 e. The molecule has 1 aromatic rings. The second-order valence-corrected chi connectivity index (χ2v) is 11.0.